The molecule has 180 valence electrons. The second kappa shape index (κ2) is 10.0. The highest BCUT2D eigenvalue weighted by molar-refractivity contribution is 7.92. The van der Waals surface area contributed by atoms with E-state index >= 15 is 0 Å². The molecule has 3 aromatic carbocycles. The van der Waals surface area contributed by atoms with Crippen LogP contribution < -0.4 is 14.2 Å². The van der Waals surface area contributed by atoms with E-state index in [1.165, 1.54) is 73.8 Å². The van der Waals surface area contributed by atoms with Gasteiger partial charge in [-0.2, -0.15) is 0 Å². The van der Waals surface area contributed by atoms with E-state index < -0.39 is 22.4 Å². The molecule has 0 amide bonds. The second-order valence-electron chi connectivity index (χ2n) is 7.08. The highest BCUT2D eigenvalue weighted by Crippen LogP contribution is 2.24. The van der Waals surface area contributed by atoms with Crippen molar-refractivity contribution < 1.29 is 40.6 Å². The van der Waals surface area contributed by atoms with Crippen molar-refractivity contribution in [1.82, 2.24) is 0 Å². The van der Waals surface area contributed by atoms with Crippen LogP contribution in [0.25, 0.3) is 0 Å². The van der Waals surface area contributed by atoms with Crippen LogP contribution in [0.15, 0.2) is 71.6 Å². The van der Waals surface area contributed by atoms with E-state index in [0.29, 0.717) is 16.9 Å². The van der Waals surface area contributed by atoms with Crippen molar-refractivity contribution >= 4 is 21.7 Å². The van der Waals surface area contributed by atoms with Crippen LogP contribution in [0, 0.1) is 6.92 Å². The van der Waals surface area contributed by atoms with Crippen LogP contribution in [0.1, 0.15) is 21.5 Å². The number of sulfonamides is 1. The number of ether oxygens (including phenoxy) is 3. The molecule has 0 fully saturated rings. The van der Waals surface area contributed by atoms with Crippen LogP contribution in [0.2, 0.25) is 0 Å². The summed E-state index contributed by atoms with van der Waals surface area (Å²) in [4.78, 5) is 11.7. The first kappa shape index (κ1) is 24.9. The van der Waals surface area contributed by atoms with Gasteiger partial charge in [0.05, 0.1) is 17.6 Å². The summed E-state index contributed by atoms with van der Waals surface area (Å²) in [5.41, 5.74) is 1.60. The fourth-order valence-electron chi connectivity index (χ4n) is 2.89. The summed E-state index contributed by atoms with van der Waals surface area (Å²) in [5, 5.41) is 0. The van der Waals surface area contributed by atoms with E-state index in [1.54, 1.807) is 6.92 Å². The molecule has 7 nitrogen and oxygen atoms in total. The molecule has 0 saturated carbocycles. The molecule has 0 bridgehead atoms. The Morgan fingerprint density at radius 3 is 2.15 bits per heavy atom. The average Bonchev–Trinajstić information content (AvgIpc) is 2.78. The number of hydrogen-bond acceptors (Lipinski definition) is 6. The van der Waals surface area contributed by atoms with Crippen LogP contribution in [0.4, 0.5) is 18.9 Å². The van der Waals surface area contributed by atoms with E-state index in [-0.39, 0.29) is 28.5 Å². The van der Waals surface area contributed by atoms with Gasteiger partial charge in [-0.25, -0.2) is 13.2 Å². The zero-order chi connectivity index (χ0) is 24.9. The fraction of sp³-hybridized carbons (Fsp3) is 0.174. The van der Waals surface area contributed by atoms with Crippen molar-refractivity contribution in [2.24, 2.45) is 0 Å². The molecule has 0 saturated heterocycles. The fourth-order valence-corrected chi connectivity index (χ4v) is 3.97. The highest BCUT2D eigenvalue weighted by Gasteiger charge is 2.30. The Labute approximate surface area is 194 Å². The van der Waals surface area contributed by atoms with Gasteiger partial charge >= 0.3 is 12.3 Å². The summed E-state index contributed by atoms with van der Waals surface area (Å²) in [6.45, 7) is 1.75. The Morgan fingerprint density at radius 2 is 1.56 bits per heavy atom. The number of nitrogens with one attached hydrogen (secondary N) is 1. The molecule has 0 unspecified atom stereocenters. The van der Waals surface area contributed by atoms with Crippen molar-refractivity contribution in [2.75, 3.05) is 11.8 Å². The molecular weight excluding hydrogens is 475 g/mol. The first-order chi connectivity index (χ1) is 16.0. The van der Waals surface area contributed by atoms with Crippen LogP contribution in [-0.4, -0.2) is 27.9 Å². The Hall–Kier alpha value is -3.73. The summed E-state index contributed by atoms with van der Waals surface area (Å²) in [6, 6.07) is 15.4. The van der Waals surface area contributed by atoms with Gasteiger partial charge in [-0.1, -0.05) is 18.2 Å². The van der Waals surface area contributed by atoms with Gasteiger partial charge in [0.1, 0.15) is 18.1 Å². The maximum Gasteiger partial charge on any atom is 0.573 e. The number of methoxy groups -OCH3 is 1. The van der Waals surface area contributed by atoms with Gasteiger partial charge in [0.2, 0.25) is 0 Å². The highest BCUT2D eigenvalue weighted by atomic mass is 32.2. The quantitative estimate of drug-likeness (QED) is 0.440. The van der Waals surface area contributed by atoms with Crippen molar-refractivity contribution in [1.29, 1.82) is 0 Å². The zero-order valence-corrected chi connectivity index (χ0v) is 18.9. The molecule has 0 atom stereocenters. The molecular formula is C23H20F3NO6S. The molecule has 0 aliphatic carbocycles. The SMILES string of the molecule is COC(=O)c1cc(S(=O)(=O)Nc2ccc(OCc3ccc(OC(F)(F)F)cc3)cc2)ccc1C. The van der Waals surface area contributed by atoms with Crippen LogP contribution >= 0.6 is 0 Å². The van der Waals surface area contributed by atoms with Gasteiger partial charge in [-0.3, -0.25) is 4.72 Å². The van der Waals surface area contributed by atoms with Crippen molar-refractivity contribution in [3.63, 3.8) is 0 Å². The van der Waals surface area contributed by atoms with Crippen molar-refractivity contribution in [3.8, 4) is 11.5 Å². The number of halogens is 3. The summed E-state index contributed by atoms with van der Waals surface area (Å²) >= 11 is 0. The molecule has 34 heavy (non-hydrogen) atoms. The summed E-state index contributed by atoms with van der Waals surface area (Å²) in [5.74, 6) is -0.555. The predicted molar refractivity (Wildman–Crippen MR) is 117 cm³/mol. The third-order valence-electron chi connectivity index (χ3n) is 4.59. The maximum atomic E-state index is 12.7. The average molecular weight is 495 g/mol. The summed E-state index contributed by atoms with van der Waals surface area (Å²) in [7, 11) is -2.76. The number of aryl methyl sites for hydroxylation is 1. The van der Waals surface area contributed by atoms with Crippen LogP contribution in [-0.2, 0) is 21.4 Å². The molecule has 1 N–H and O–H groups in total. The lowest BCUT2D eigenvalue weighted by atomic mass is 10.1. The zero-order valence-electron chi connectivity index (χ0n) is 18.0. The van der Waals surface area contributed by atoms with E-state index in [0.717, 1.165) is 0 Å². The minimum atomic E-state index is -4.76. The number of carbonyl (C=O) groups excluding carboxylic acids is 1. The maximum absolute atomic E-state index is 12.7. The van der Waals surface area contributed by atoms with E-state index in [9.17, 15) is 26.4 Å². The molecule has 3 rings (SSSR count). The number of carbonyl (C=O) groups is 1. The number of esters is 1. The van der Waals surface area contributed by atoms with E-state index in [1.807, 2.05) is 0 Å². The molecule has 0 radical (unpaired) electrons. The first-order valence-corrected chi connectivity index (χ1v) is 11.2. The normalized spacial score (nSPS) is 11.6. The Morgan fingerprint density at radius 1 is 0.941 bits per heavy atom. The van der Waals surface area contributed by atoms with Gasteiger partial charge in [-0.05, 0) is 66.6 Å². The molecule has 0 aliphatic heterocycles. The third-order valence-corrected chi connectivity index (χ3v) is 5.97. The Kier molecular flexibility index (Phi) is 7.35. The second-order valence-corrected chi connectivity index (χ2v) is 8.76. The van der Waals surface area contributed by atoms with Crippen LogP contribution in [0.3, 0.4) is 0 Å². The standard InChI is InChI=1S/C23H20F3NO6S/c1-15-3-12-20(13-21(15)22(28)31-2)34(29,30)27-17-6-10-18(11-7-17)32-14-16-4-8-19(9-5-16)33-23(24,25)26/h3-13,27H,14H2,1-2H3. The molecule has 0 aliphatic rings. The Bertz CT molecular complexity index is 1260. The molecule has 0 spiro atoms. The monoisotopic (exact) mass is 495 g/mol. The van der Waals surface area contributed by atoms with Gasteiger partial charge in [0.15, 0.2) is 0 Å². The molecule has 0 heterocycles. The Balaban J connectivity index is 1.63. The third kappa shape index (κ3) is 6.64. The lowest BCUT2D eigenvalue weighted by Crippen LogP contribution is -2.17. The molecule has 0 aromatic heterocycles. The van der Waals surface area contributed by atoms with Gasteiger partial charge in [0, 0.05) is 5.69 Å². The molecule has 11 heteroatoms. The smallest absolute Gasteiger partial charge is 0.489 e. The van der Waals surface area contributed by atoms with E-state index in [2.05, 4.69) is 14.2 Å². The van der Waals surface area contributed by atoms with Gasteiger partial charge < -0.3 is 14.2 Å². The number of rotatable bonds is 8. The lowest BCUT2D eigenvalue weighted by molar-refractivity contribution is -0.274. The summed E-state index contributed by atoms with van der Waals surface area (Å²) < 4.78 is 78.6. The first-order valence-electron chi connectivity index (χ1n) is 9.76. The topological polar surface area (TPSA) is 90.9 Å². The number of benzene rings is 3. The lowest BCUT2D eigenvalue weighted by Gasteiger charge is -2.12. The molecule has 3 aromatic rings. The van der Waals surface area contributed by atoms with E-state index in [4.69, 9.17) is 4.74 Å². The van der Waals surface area contributed by atoms with Crippen LogP contribution in [0.5, 0.6) is 11.5 Å². The van der Waals surface area contributed by atoms with Crippen molar-refractivity contribution in [2.45, 2.75) is 24.8 Å². The number of alkyl halides is 3. The minimum absolute atomic E-state index is 0.0804. The predicted octanol–water partition coefficient (Wildman–Crippen LogP) is 5.06. The van der Waals surface area contributed by atoms with Gasteiger partial charge in [-0.15, -0.1) is 13.2 Å². The number of anilines is 1. The summed E-state index contributed by atoms with van der Waals surface area (Å²) in [6.07, 6.45) is -4.76. The van der Waals surface area contributed by atoms with Crippen molar-refractivity contribution in [3.05, 3.63) is 83.4 Å². The van der Waals surface area contributed by atoms with Gasteiger partial charge in [0.25, 0.3) is 10.0 Å². The largest absolute Gasteiger partial charge is 0.573 e. The minimum Gasteiger partial charge on any atom is -0.489 e. The number of hydrogen-bond donors (Lipinski definition) is 1.